The smallest absolute Gasteiger partial charge is 0.325 e. The van der Waals surface area contributed by atoms with Crippen molar-refractivity contribution in [2.45, 2.75) is 6.54 Å². The molecule has 2 heterocycles. The summed E-state index contributed by atoms with van der Waals surface area (Å²) >= 11 is 0.855. The van der Waals surface area contributed by atoms with Crippen LogP contribution in [-0.4, -0.2) is 40.2 Å². The van der Waals surface area contributed by atoms with Gasteiger partial charge in [-0.25, -0.2) is 0 Å². The predicted octanol–water partition coefficient (Wildman–Crippen LogP) is 2.48. The summed E-state index contributed by atoms with van der Waals surface area (Å²) in [4.78, 5) is 37.2. The Kier molecular flexibility index (Phi) is 4.63. The SMILES string of the molecule is C#CCN1C(=O)S/C(=C/c2cn(CC(=O)OC)c3ccccc23)C1=O. The second-order valence-electron chi connectivity index (χ2n) is 5.28. The molecular formula is C18H14N2O4S. The van der Waals surface area contributed by atoms with Gasteiger partial charge in [0.1, 0.15) is 6.54 Å². The number of carbonyl (C=O) groups is 3. The molecule has 2 aromatic rings. The summed E-state index contributed by atoms with van der Waals surface area (Å²) in [6.45, 7) is 0.00946. The van der Waals surface area contributed by atoms with Crippen LogP contribution in [0.1, 0.15) is 5.56 Å². The molecule has 126 valence electrons. The van der Waals surface area contributed by atoms with E-state index in [1.807, 2.05) is 24.3 Å². The van der Waals surface area contributed by atoms with Crippen molar-refractivity contribution in [1.82, 2.24) is 9.47 Å². The molecule has 1 aromatic carbocycles. The lowest BCUT2D eigenvalue weighted by Gasteiger charge is -2.06. The van der Waals surface area contributed by atoms with Gasteiger partial charge in [0.25, 0.3) is 11.1 Å². The van der Waals surface area contributed by atoms with Crippen molar-refractivity contribution in [3.05, 3.63) is 40.9 Å². The Hall–Kier alpha value is -2.98. The molecule has 1 aliphatic heterocycles. The van der Waals surface area contributed by atoms with Gasteiger partial charge in [-0.15, -0.1) is 6.42 Å². The van der Waals surface area contributed by atoms with E-state index >= 15 is 0 Å². The van der Waals surface area contributed by atoms with E-state index in [1.54, 1.807) is 16.8 Å². The quantitative estimate of drug-likeness (QED) is 0.479. The maximum atomic E-state index is 12.3. The monoisotopic (exact) mass is 354 g/mol. The average Bonchev–Trinajstić information content (AvgIpc) is 3.08. The first-order chi connectivity index (χ1) is 12.0. The second kappa shape index (κ2) is 6.87. The number of ether oxygens (including phenoxy) is 1. The molecule has 2 amide bonds. The Morgan fingerprint density at radius 1 is 1.36 bits per heavy atom. The fourth-order valence-corrected chi connectivity index (χ4v) is 3.42. The number of fused-ring (bicyclic) bond motifs is 1. The summed E-state index contributed by atoms with van der Waals surface area (Å²) < 4.78 is 6.46. The number of nitrogens with zero attached hydrogens (tertiary/aromatic N) is 2. The minimum Gasteiger partial charge on any atom is -0.468 e. The minimum atomic E-state index is -0.405. The lowest BCUT2D eigenvalue weighted by atomic mass is 10.1. The van der Waals surface area contributed by atoms with Crippen LogP contribution in [0, 0.1) is 12.3 Å². The van der Waals surface area contributed by atoms with Gasteiger partial charge < -0.3 is 9.30 Å². The third kappa shape index (κ3) is 3.16. The number of thioether (sulfide) groups is 1. The molecule has 7 heteroatoms. The summed E-state index contributed by atoms with van der Waals surface area (Å²) in [5.41, 5.74) is 1.58. The van der Waals surface area contributed by atoms with E-state index in [0.717, 1.165) is 33.1 Å². The van der Waals surface area contributed by atoms with Crippen molar-refractivity contribution in [2.24, 2.45) is 0 Å². The molecular weight excluding hydrogens is 340 g/mol. The zero-order valence-corrected chi connectivity index (χ0v) is 14.2. The molecule has 0 unspecified atom stereocenters. The highest BCUT2D eigenvalue weighted by atomic mass is 32.2. The molecule has 3 rings (SSSR count). The maximum absolute atomic E-state index is 12.3. The number of aromatic nitrogens is 1. The molecule has 25 heavy (non-hydrogen) atoms. The van der Waals surface area contributed by atoms with E-state index in [4.69, 9.17) is 11.2 Å². The van der Waals surface area contributed by atoms with Gasteiger partial charge in [0.05, 0.1) is 18.6 Å². The topological polar surface area (TPSA) is 68.6 Å². The van der Waals surface area contributed by atoms with Gasteiger partial charge in [0.2, 0.25) is 0 Å². The van der Waals surface area contributed by atoms with E-state index in [-0.39, 0.29) is 24.3 Å². The number of imide groups is 1. The summed E-state index contributed by atoms with van der Waals surface area (Å²) in [6, 6.07) is 7.49. The van der Waals surface area contributed by atoms with Crippen LogP contribution in [0.5, 0.6) is 0 Å². The van der Waals surface area contributed by atoms with Gasteiger partial charge in [0, 0.05) is 22.7 Å². The highest BCUT2D eigenvalue weighted by Crippen LogP contribution is 2.33. The molecule has 0 spiro atoms. The summed E-state index contributed by atoms with van der Waals surface area (Å²) in [7, 11) is 1.33. The number of hydrogen-bond acceptors (Lipinski definition) is 5. The Bertz CT molecular complexity index is 952. The molecule has 1 fully saturated rings. The fourth-order valence-electron chi connectivity index (χ4n) is 2.59. The summed E-state index contributed by atoms with van der Waals surface area (Å²) in [5.74, 6) is 1.53. The van der Waals surface area contributed by atoms with Crippen LogP contribution in [0.25, 0.3) is 17.0 Å². The zero-order valence-electron chi connectivity index (χ0n) is 13.4. The summed E-state index contributed by atoms with van der Waals surface area (Å²) in [5, 5.41) is 0.489. The normalized spacial score (nSPS) is 15.8. The third-order valence-electron chi connectivity index (χ3n) is 3.76. The number of esters is 1. The van der Waals surface area contributed by atoms with Gasteiger partial charge in [-0.1, -0.05) is 24.1 Å². The lowest BCUT2D eigenvalue weighted by Crippen LogP contribution is -2.28. The van der Waals surface area contributed by atoms with Crippen LogP contribution in [-0.2, 0) is 20.9 Å². The number of methoxy groups -OCH3 is 1. The van der Waals surface area contributed by atoms with E-state index in [1.165, 1.54) is 7.11 Å². The minimum absolute atomic E-state index is 0.0495. The molecule has 0 radical (unpaired) electrons. The first kappa shape index (κ1) is 16.9. The Morgan fingerprint density at radius 3 is 2.84 bits per heavy atom. The van der Waals surface area contributed by atoms with Crippen molar-refractivity contribution in [3.63, 3.8) is 0 Å². The molecule has 0 N–H and O–H groups in total. The molecule has 0 bridgehead atoms. The first-order valence-corrected chi connectivity index (χ1v) is 8.20. The number of hydrogen-bond donors (Lipinski definition) is 0. The number of amides is 2. The van der Waals surface area contributed by atoms with Crippen LogP contribution < -0.4 is 0 Å². The largest absolute Gasteiger partial charge is 0.468 e. The van der Waals surface area contributed by atoms with Crippen molar-refractivity contribution in [3.8, 4) is 12.3 Å². The number of benzene rings is 1. The first-order valence-electron chi connectivity index (χ1n) is 7.38. The van der Waals surface area contributed by atoms with Crippen molar-refractivity contribution < 1.29 is 19.1 Å². The van der Waals surface area contributed by atoms with Crippen molar-refractivity contribution in [1.29, 1.82) is 0 Å². The number of para-hydroxylation sites is 1. The van der Waals surface area contributed by atoms with Gasteiger partial charge in [-0.3, -0.25) is 19.3 Å². The number of rotatable bonds is 4. The maximum Gasteiger partial charge on any atom is 0.325 e. The third-order valence-corrected chi connectivity index (χ3v) is 4.66. The Morgan fingerprint density at radius 2 is 2.12 bits per heavy atom. The summed E-state index contributed by atoms with van der Waals surface area (Å²) in [6.07, 6.45) is 8.61. The van der Waals surface area contributed by atoms with E-state index in [0.29, 0.717) is 4.91 Å². The highest BCUT2D eigenvalue weighted by molar-refractivity contribution is 8.18. The number of terminal acetylenes is 1. The Balaban J connectivity index is 2.02. The van der Waals surface area contributed by atoms with Crippen LogP contribution in [0.4, 0.5) is 4.79 Å². The zero-order chi connectivity index (χ0) is 18.0. The van der Waals surface area contributed by atoms with Crippen LogP contribution in [0.15, 0.2) is 35.4 Å². The van der Waals surface area contributed by atoms with E-state index in [2.05, 4.69) is 5.92 Å². The molecule has 6 nitrogen and oxygen atoms in total. The van der Waals surface area contributed by atoms with Gasteiger partial charge in [0.15, 0.2) is 0 Å². The fraction of sp³-hybridized carbons (Fsp3) is 0.167. The van der Waals surface area contributed by atoms with Crippen LogP contribution in [0.2, 0.25) is 0 Å². The standard InChI is InChI=1S/C18H14N2O4S/c1-3-8-20-17(22)15(25-18(20)23)9-12-10-19(11-16(21)24-2)14-7-5-4-6-13(12)14/h1,4-7,9-10H,8,11H2,2H3/b15-9+. The molecule has 0 saturated carbocycles. The second-order valence-corrected chi connectivity index (χ2v) is 6.27. The molecule has 1 aliphatic rings. The average molecular weight is 354 g/mol. The van der Waals surface area contributed by atoms with E-state index < -0.39 is 5.91 Å². The molecule has 1 saturated heterocycles. The Labute approximate surface area is 148 Å². The van der Waals surface area contributed by atoms with Crippen molar-refractivity contribution in [2.75, 3.05) is 13.7 Å². The number of carbonyl (C=O) groups excluding carboxylic acids is 3. The molecule has 0 atom stereocenters. The van der Waals surface area contributed by atoms with Gasteiger partial charge in [-0.05, 0) is 23.9 Å². The molecule has 1 aromatic heterocycles. The van der Waals surface area contributed by atoms with Crippen molar-refractivity contribution >= 4 is 45.9 Å². The molecule has 0 aliphatic carbocycles. The van der Waals surface area contributed by atoms with Gasteiger partial charge in [-0.2, -0.15) is 0 Å². The van der Waals surface area contributed by atoms with Gasteiger partial charge >= 0.3 is 5.97 Å². The predicted molar refractivity (Wildman–Crippen MR) is 95.5 cm³/mol. The van der Waals surface area contributed by atoms with E-state index in [9.17, 15) is 14.4 Å². The lowest BCUT2D eigenvalue weighted by molar-refractivity contribution is -0.141. The van der Waals surface area contributed by atoms with Crippen LogP contribution >= 0.6 is 11.8 Å². The highest BCUT2D eigenvalue weighted by Gasteiger charge is 2.34. The van der Waals surface area contributed by atoms with Crippen LogP contribution in [0.3, 0.4) is 0 Å².